The van der Waals surface area contributed by atoms with Crippen molar-refractivity contribution in [2.45, 2.75) is 25.8 Å². The highest BCUT2D eigenvalue weighted by molar-refractivity contribution is 5.77. The molecule has 0 bridgehead atoms. The van der Waals surface area contributed by atoms with Crippen molar-refractivity contribution in [3.63, 3.8) is 0 Å². The average molecular weight is 339 g/mol. The minimum Gasteiger partial charge on any atom is -0.486 e. The largest absolute Gasteiger partial charge is 0.486 e. The van der Waals surface area contributed by atoms with E-state index in [4.69, 9.17) is 14.2 Å². The van der Waals surface area contributed by atoms with E-state index in [-0.39, 0.29) is 12.5 Å². The highest BCUT2D eigenvalue weighted by Crippen LogP contribution is 2.30. The zero-order valence-electron chi connectivity index (χ0n) is 14.0. The molecular formula is C20H21NO4. The lowest BCUT2D eigenvalue weighted by atomic mass is 10.1. The van der Waals surface area contributed by atoms with E-state index < -0.39 is 0 Å². The molecule has 1 aliphatic carbocycles. The van der Waals surface area contributed by atoms with Crippen LogP contribution in [0.5, 0.6) is 17.2 Å². The van der Waals surface area contributed by atoms with Crippen molar-refractivity contribution >= 4 is 5.91 Å². The molecule has 0 saturated heterocycles. The zero-order chi connectivity index (χ0) is 17.1. The van der Waals surface area contributed by atoms with Crippen LogP contribution in [0.1, 0.15) is 23.1 Å². The van der Waals surface area contributed by atoms with Gasteiger partial charge in [0.05, 0.1) is 0 Å². The molecule has 2 aromatic rings. The Balaban J connectivity index is 1.28. The zero-order valence-corrected chi connectivity index (χ0v) is 14.0. The number of hydrogen-bond donors (Lipinski definition) is 1. The predicted octanol–water partition coefficient (Wildman–Crippen LogP) is 2.64. The number of nitrogens with one attached hydrogen (secondary N) is 1. The molecule has 25 heavy (non-hydrogen) atoms. The van der Waals surface area contributed by atoms with E-state index in [9.17, 15) is 4.79 Å². The molecular weight excluding hydrogens is 318 g/mol. The van der Waals surface area contributed by atoms with Crippen molar-refractivity contribution in [1.29, 1.82) is 0 Å². The summed E-state index contributed by atoms with van der Waals surface area (Å²) in [6.07, 6.45) is 3.45. The quantitative estimate of drug-likeness (QED) is 0.910. The van der Waals surface area contributed by atoms with Gasteiger partial charge < -0.3 is 19.5 Å². The first kappa shape index (κ1) is 15.8. The monoisotopic (exact) mass is 339 g/mol. The number of carbonyl (C=O) groups is 1. The minimum absolute atomic E-state index is 0.0172. The maximum absolute atomic E-state index is 12.0. The SMILES string of the molecule is O=C(COc1ccc2c(c1)CCC2)NCc1ccc2c(c1)OCCO2. The van der Waals surface area contributed by atoms with Crippen molar-refractivity contribution < 1.29 is 19.0 Å². The van der Waals surface area contributed by atoms with Crippen LogP contribution in [0.3, 0.4) is 0 Å². The fourth-order valence-corrected chi connectivity index (χ4v) is 3.24. The fourth-order valence-electron chi connectivity index (χ4n) is 3.24. The van der Waals surface area contributed by atoms with Gasteiger partial charge in [-0.15, -0.1) is 0 Å². The summed E-state index contributed by atoms with van der Waals surface area (Å²) in [7, 11) is 0. The first-order chi connectivity index (χ1) is 12.3. The first-order valence-corrected chi connectivity index (χ1v) is 8.68. The van der Waals surface area contributed by atoms with Gasteiger partial charge in [0.2, 0.25) is 0 Å². The normalized spacial score (nSPS) is 14.7. The van der Waals surface area contributed by atoms with Crippen LogP contribution < -0.4 is 19.5 Å². The third-order valence-corrected chi connectivity index (χ3v) is 4.54. The molecule has 0 unspecified atom stereocenters. The molecule has 0 atom stereocenters. The molecule has 0 spiro atoms. The number of ether oxygens (including phenoxy) is 3. The van der Waals surface area contributed by atoms with Gasteiger partial charge in [-0.25, -0.2) is 0 Å². The van der Waals surface area contributed by atoms with E-state index in [0.717, 1.165) is 35.7 Å². The maximum atomic E-state index is 12.0. The molecule has 5 heteroatoms. The summed E-state index contributed by atoms with van der Waals surface area (Å²) in [5.41, 5.74) is 3.71. The second-order valence-corrected chi connectivity index (χ2v) is 6.33. The van der Waals surface area contributed by atoms with Gasteiger partial charge in [-0.05, 0) is 60.2 Å². The second kappa shape index (κ2) is 7.05. The van der Waals surface area contributed by atoms with E-state index in [1.54, 1.807) is 0 Å². The number of hydrogen-bond acceptors (Lipinski definition) is 4. The van der Waals surface area contributed by atoms with Crippen molar-refractivity contribution in [1.82, 2.24) is 5.32 Å². The molecule has 2 aromatic carbocycles. The Morgan fingerprint density at radius 2 is 1.84 bits per heavy atom. The number of fused-ring (bicyclic) bond motifs is 2. The van der Waals surface area contributed by atoms with Crippen molar-refractivity contribution in [2.24, 2.45) is 0 Å². The topological polar surface area (TPSA) is 56.8 Å². The summed E-state index contributed by atoms with van der Waals surface area (Å²) in [6, 6.07) is 11.8. The molecule has 130 valence electrons. The summed E-state index contributed by atoms with van der Waals surface area (Å²) >= 11 is 0. The summed E-state index contributed by atoms with van der Waals surface area (Å²) < 4.78 is 16.7. The summed E-state index contributed by atoms with van der Waals surface area (Å²) in [5, 5.41) is 2.87. The van der Waals surface area contributed by atoms with Crippen LogP contribution in [0.2, 0.25) is 0 Å². The number of carbonyl (C=O) groups excluding carboxylic acids is 1. The summed E-state index contributed by atoms with van der Waals surface area (Å²) in [5.74, 6) is 2.10. The Morgan fingerprint density at radius 1 is 1.00 bits per heavy atom. The van der Waals surface area contributed by atoms with Gasteiger partial charge in [-0.3, -0.25) is 4.79 Å². The van der Waals surface area contributed by atoms with Gasteiger partial charge in [0.15, 0.2) is 18.1 Å². The average Bonchev–Trinajstić information content (AvgIpc) is 3.12. The molecule has 1 N–H and O–H groups in total. The van der Waals surface area contributed by atoms with Gasteiger partial charge in [0.1, 0.15) is 19.0 Å². The lowest BCUT2D eigenvalue weighted by Crippen LogP contribution is -2.28. The van der Waals surface area contributed by atoms with E-state index in [0.29, 0.717) is 19.8 Å². The standard InChI is InChI=1S/C20H21NO4/c22-20(13-25-17-6-5-15-2-1-3-16(15)11-17)21-12-14-4-7-18-19(10-14)24-9-8-23-18/h4-7,10-11H,1-3,8-9,12-13H2,(H,21,22). The molecule has 1 heterocycles. The molecule has 1 amide bonds. The number of benzene rings is 2. The Labute approximate surface area is 146 Å². The van der Waals surface area contributed by atoms with Crippen LogP contribution >= 0.6 is 0 Å². The third-order valence-electron chi connectivity index (χ3n) is 4.54. The summed E-state index contributed by atoms with van der Waals surface area (Å²) in [4.78, 5) is 12.0. The van der Waals surface area contributed by atoms with Crippen LogP contribution in [0, 0.1) is 0 Å². The van der Waals surface area contributed by atoms with Crippen LogP contribution in [0.4, 0.5) is 0 Å². The highest BCUT2D eigenvalue weighted by Gasteiger charge is 2.13. The highest BCUT2D eigenvalue weighted by atomic mass is 16.6. The van der Waals surface area contributed by atoms with E-state index >= 15 is 0 Å². The van der Waals surface area contributed by atoms with Crippen LogP contribution in [0.15, 0.2) is 36.4 Å². The van der Waals surface area contributed by atoms with Gasteiger partial charge in [-0.2, -0.15) is 0 Å². The predicted molar refractivity (Wildman–Crippen MR) is 93.2 cm³/mol. The maximum Gasteiger partial charge on any atom is 0.258 e. The first-order valence-electron chi connectivity index (χ1n) is 8.68. The lowest BCUT2D eigenvalue weighted by Gasteiger charge is -2.19. The van der Waals surface area contributed by atoms with Gasteiger partial charge in [-0.1, -0.05) is 12.1 Å². The van der Waals surface area contributed by atoms with Crippen LogP contribution in [-0.2, 0) is 24.2 Å². The van der Waals surface area contributed by atoms with Crippen molar-refractivity contribution in [2.75, 3.05) is 19.8 Å². The van der Waals surface area contributed by atoms with Crippen LogP contribution in [-0.4, -0.2) is 25.7 Å². The fraction of sp³-hybridized carbons (Fsp3) is 0.350. The van der Waals surface area contributed by atoms with Crippen molar-refractivity contribution in [3.05, 3.63) is 53.1 Å². The molecule has 1 aliphatic heterocycles. The third kappa shape index (κ3) is 3.71. The number of rotatable bonds is 5. The van der Waals surface area contributed by atoms with E-state index in [1.165, 1.54) is 17.5 Å². The van der Waals surface area contributed by atoms with Gasteiger partial charge in [0.25, 0.3) is 5.91 Å². The molecule has 0 fully saturated rings. The van der Waals surface area contributed by atoms with Crippen molar-refractivity contribution in [3.8, 4) is 17.2 Å². The Morgan fingerprint density at radius 3 is 2.76 bits per heavy atom. The second-order valence-electron chi connectivity index (χ2n) is 6.33. The Hall–Kier alpha value is -2.69. The molecule has 2 aliphatic rings. The van der Waals surface area contributed by atoms with Gasteiger partial charge in [0, 0.05) is 6.54 Å². The van der Waals surface area contributed by atoms with E-state index in [1.807, 2.05) is 24.3 Å². The van der Waals surface area contributed by atoms with Crippen LogP contribution in [0.25, 0.3) is 0 Å². The minimum atomic E-state index is -0.143. The smallest absolute Gasteiger partial charge is 0.258 e. The molecule has 4 rings (SSSR count). The van der Waals surface area contributed by atoms with Gasteiger partial charge >= 0.3 is 0 Å². The molecule has 5 nitrogen and oxygen atoms in total. The number of amides is 1. The number of aryl methyl sites for hydroxylation is 2. The molecule has 0 radical (unpaired) electrons. The Bertz CT molecular complexity index is 787. The Kier molecular flexibility index (Phi) is 4.46. The lowest BCUT2D eigenvalue weighted by molar-refractivity contribution is -0.123. The van der Waals surface area contributed by atoms with E-state index in [2.05, 4.69) is 17.4 Å². The summed E-state index contributed by atoms with van der Waals surface area (Å²) in [6.45, 7) is 1.58. The molecule has 0 saturated carbocycles. The molecule has 0 aromatic heterocycles.